The Balaban J connectivity index is 1.93. The van der Waals surface area contributed by atoms with Crippen molar-refractivity contribution in [2.45, 2.75) is 39.5 Å². The Hall–Kier alpha value is -3.67. The molecule has 8 nitrogen and oxygen atoms in total. The molecule has 2 bridgehead atoms. The van der Waals surface area contributed by atoms with Gasteiger partial charge in [0.2, 0.25) is 0 Å². The standard InChI is InChI=1S/C21H21FN6O2/c1-12(2)27-11-16-14(8-23)17(22)4-5-18(16)30-13(3)9-24-21(29)15-10-25-28-7-6-19(27)26-20(15)28/h4-7,10,12-13H,9,11H2,1-3H3,(H,24,29)/t13-/m0/s1. The summed E-state index contributed by atoms with van der Waals surface area (Å²) in [7, 11) is 0. The zero-order chi connectivity index (χ0) is 21.4. The van der Waals surface area contributed by atoms with E-state index in [-0.39, 0.29) is 30.6 Å². The van der Waals surface area contributed by atoms with Gasteiger partial charge in [-0.05, 0) is 39.0 Å². The van der Waals surface area contributed by atoms with Gasteiger partial charge in [0, 0.05) is 24.3 Å². The zero-order valence-corrected chi connectivity index (χ0v) is 16.9. The van der Waals surface area contributed by atoms with Crippen molar-refractivity contribution in [1.82, 2.24) is 19.9 Å². The Kier molecular flexibility index (Phi) is 4.99. The predicted octanol–water partition coefficient (Wildman–Crippen LogP) is 2.67. The maximum Gasteiger partial charge on any atom is 0.256 e. The van der Waals surface area contributed by atoms with Crippen molar-refractivity contribution in [3.05, 3.63) is 53.1 Å². The number of nitrogens with zero attached hydrogens (tertiary/aromatic N) is 5. The molecule has 1 aliphatic heterocycles. The van der Waals surface area contributed by atoms with Gasteiger partial charge in [-0.1, -0.05) is 0 Å². The molecule has 154 valence electrons. The summed E-state index contributed by atoms with van der Waals surface area (Å²) < 4.78 is 21.9. The van der Waals surface area contributed by atoms with Crippen LogP contribution >= 0.6 is 0 Å². The molecule has 0 unspecified atom stereocenters. The molecule has 0 saturated heterocycles. The molecule has 0 aliphatic carbocycles. The first-order valence-corrected chi connectivity index (χ1v) is 9.66. The van der Waals surface area contributed by atoms with Gasteiger partial charge in [0.25, 0.3) is 5.91 Å². The number of rotatable bonds is 1. The van der Waals surface area contributed by atoms with Crippen LogP contribution in [0, 0.1) is 17.1 Å². The molecule has 0 fully saturated rings. The summed E-state index contributed by atoms with van der Waals surface area (Å²) in [4.78, 5) is 19.3. The van der Waals surface area contributed by atoms with E-state index in [1.807, 2.05) is 24.8 Å². The average Bonchev–Trinajstić information content (AvgIpc) is 3.14. The van der Waals surface area contributed by atoms with Crippen LogP contribution in [0.25, 0.3) is 5.65 Å². The molecule has 1 amide bonds. The van der Waals surface area contributed by atoms with E-state index in [2.05, 4.69) is 15.4 Å². The lowest BCUT2D eigenvalue weighted by atomic mass is 10.0. The average molecular weight is 408 g/mol. The third kappa shape index (κ3) is 3.41. The molecular formula is C21H21FN6O2. The van der Waals surface area contributed by atoms with Gasteiger partial charge in [-0.3, -0.25) is 4.79 Å². The van der Waals surface area contributed by atoms with Crippen LogP contribution in [-0.4, -0.2) is 39.2 Å². The molecule has 0 saturated carbocycles. The van der Waals surface area contributed by atoms with Crippen molar-refractivity contribution >= 4 is 17.4 Å². The van der Waals surface area contributed by atoms with Crippen molar-refractivity contribution in [2.24, 2.45) is 0 Å². The monoisotopic (exact) mass is 408 g/mol. The van der Waals surface area contributed by atoms with E-state index in [1.165, 1.54) is 22.8 Å². The third-order valence-corrected chi connectivity index (χ3v) is 5.05. The number of fused-ring (bicyclic) bond motifs is 2. The van der Waals surface area contributed by atoms with Crippen molar-refractivity contribution in [2.75, 3.05) is 11.4 Å². The highest BCUT2D eigenvalue weighted by Gasteiger charge is 2.24. The van der Waals surface area contributed by atoms with E-state index in [1.54, 1.807) is 19.2 Å². The number of carbonyl (C=O) groups is 1. The van der Waals surface area contributed by atoms with E-state index < -0.39 is 11.9 Å². The highest BCUT2D eigenvalue weighted by molar-refractivity contribution is 5.99. The molecule has 0 spiro atoms. The number of aromatic nitrogens is 3. The number of anilines is 1. The fraction of sp³-hybridized carbons (Fsp3) is 0.333. The van der Waals surface area contributed by atoms with E-state index in [9.17, 15) is 14.4 Å². The second-order valence-corrected chi connectivity index (χ2v) is 7.48. The van der Waals surface area contributed by atoms with Crippen molar-refractivity contribution in [3.63, 3.8) is 0 Å². The lowest BCUT2D eigenvalue weighted by Crippen LogP contribution is -2.34. The highest BCUT2D eigenvalue weighted by atomic mass is 19.1. The summed E-state index contributed by atoms with van der Waals surface area (Å²) in [6.45, 7) is 6.19. The van der Waals surface area contributed by atoms with Crippen LogP contribution in [0.4, 0.5) is 10.2 Å². The number of halogens is 1. The lowest BCUT2D eigenvalue weighted by Gasteiger charge is -2.29. The minimum Gasteiger partial charge on any atom is -0.488 e. The number of ether oxygens (including phenoxy) is 1. The van der Waals surface area contributed by atoms with Gasteiger partial charge >= 0.3 is 0 Å². The maximum atomic E-state index is 14.4. The zero-order valence-electron chi connectivity index (χ0n) is 16.9. The van der Waals surface area contributed by atoms with Crippen LogP contribution in [0.1, 0.15) is 42.3 Å². The summed E-state index contributed by atoms with van der Waals surface area (Å²) in [6.07, 6.45) is 2.80. The van der Waals surface area contributed by atoms with Crippen molar-refractivity contribution in [3.8, 4) is 11.8 Å². The summed E-state index contributed by atoms with van der Waals surface area (Å²) in [5, 5.41) is 16.6. The van der Waals surface area contributed by atoms with Gasteiger partial charge < -0.3 is 15.0 Å². The number of nitrogens with one attached hydrogen (secondary N) is 1. The van der Waals surface area contributed by atoms with Crippen molar-refractivity contribution in [1.29, 1.82) is 5.26 Å². The quantitative estimate of drug-likeness (QED) is 0.665. The molecule has 1 aromatic carbocycles. The largest absolute Gasteiger partial charge is 0.488 e. The smallest absolute Gasteiger partial charge is 0.256 e. The van der Waals surface area contributed by atoms with Gasteiger partial charge in [0.1, 0.15) is 35.1 Å². The van der Waals surface area contributed by atoms with Crippen LogP contribution in [0.5, 0.6) is 5.75 Å². The molecule has 1 aliphatic rings. The van der Waals surface area contributed by atoms with E-state index in [0.717, 1.165) is 0 Å². The molecule has 2 aromatic heterocycles. The second kappa shape index (κ2) is 7.63. The van der Waals surface area contributed by atoms with Crippen LogP contribution < -0.4 is 15.0 Å². The molecule has 4 rings (SSSR count). The first-order chi connectivity index (χ1) is 14.4. The number of amides is 1. The molecule has 30 heavy (non-hydrogen) atoms. The third-order valence-electron chi connectivity index (χ3n) is 5.05. The van der Waals surface area contributed by atoms with Crippen LogP contribution in [0.3, 0.4) is 0 Å². The summed E-state index contributed by atoms with van der Waals surface area (Å²) >= 11 is 0. The molecule has 1 N–H and O–H groups in total. The molecular weight excluding hydrogens is 387 g/mol. The number of carbonyl (C=O) groups excluding carboxylic acids is 1. The fourth-order valence-corrected chi connectivity index (χ4v) is 3.46. The van der Waals surface area contributed by atoms with E-state index >= 15 is 0 Å². The minimum absolute atomic E-state index is 0.0228. The minimum atomic E-state index is -0.602. The Bertz CT molecular complexity index is 1170. The summed E-state index contributed by atoms with van der Waals surface area (Å²) in [5.74, 6) is 0.0786. The molecule has 3 heterocycles. The molecule has 3 aromatic rings. The summed E-state index contributed by atoms with van der Waals surface area (Å²) in [5.41, 5.74) is 1.16. The Morgan fingerprint density at radius 2 is 2.17 bits per heavy atom. The van der Waals surface area contributed by atoms with Crippen molar-refractivity contribution < 1.29 is 13.9 Å². The topological polar surface area (TPSA) is 95.6 Å². The van der Waals surface area contributed by atoms with Gasteiger partial charge in [0.15, 0.2) is 5.65 Å². The predicted molar refractivity (Wildman–Crippen MR) is 108 cm³/mol. The highest BCUT2D eigenvalue weighted by Crippen LogP contribution is 2.30. The first kappa shape index (κ1) is 19.6. The van der Waals surface area contributed by atoms with Crippen LogP contribution in [-0.2, 0) is 6.54 Å². The molecule has 0 radical (unpaired) electrons. The Labute approximate surface area is 172 Å². The molecule has 1 atom stereocenters. The SMILES string of the molecule is CC(C)N1Cc2c(ccc(F)c2C#N)O[C@@H](C)CNC(=O)c2cnn3ccc1nc23. The van der Waals surface area contributed by atoms with Crippen LogP contribution in [0.2, 0.25) is 0 Å². The summed E-state index contributed by atoms with van der Waals surface area (Å²) in [6, 6.07) is 6.46. The van der Waals surface area contributed by atoms with Gasteiger partial charge in [-0.2, -0.15) is 10.4 Å². The second-order valence-electron chi connectivity index (χ2n) is 7.48. The number of hydrogen-bond acceptors (Lipinski definition) is 6. The number of nitriles is 1. The Morgan fingerprint density at radius 1 is 1.37 bits per heavy atom. The van der Waals surface area contributed by atoms with Gasteiger partial charge in [-0.15, -0.1) is 0 Å². The van der Waals surface area contributed by atoms with Gasteiger partial charge in [-0.25, -0.2) is 13.9 Å². The normalized spacial score (nSPS) is 16.9. The fourth-order valence-electron chi connectivity index (χ4n) is 3.46. The molecule has 9 heteroatoms. The van der Waals surface area contributed by atoms with E-state index in [0.29, 0.717) is 28.3 Å². The lowest BCUT2D eigenvalue weighted by molar-refractivity contribution is 0.0933. The number of benzene rings is 1. The maximum absolute atomic E-state index is 14.4. The van der Waals surface area contributed by atoms with E-state index in [4.69, 9.17) is 4.74 Å². The Morgan fingerprint density at radius 3 is 2.90 bits per heavy atom. The van der Waals surface area contributed by atoms with Crippen LogP contribution in [0.15, 0.2) is 30.6 Å². The van der Waals surface area contributed by atoms with Gasteiger partial charge in [0.05, 0.1) is 18.3 Å². The first-order valence-electron chi connectivity index (χ1n) is 9.66. The number of hydrogen-bond donors (Lipinski definition) is 1.